The molecule has 2 N–H and O–H groups in total. The topological polar surface area (TPSA) is 83.0 Å². The van der Waals surface area contributed by atoms with E-state index in [0.717, 1.165) is 12.5 Å². The van der Waals surface area contributed by atoms with E-state index in [4.69, 9.17) is 4.74 Å². The van der Waals surface area contributed by atoms with Crippen molar-refractivity contribution in [3.8, 4) is 0 Å². The molecule has 0 saturated carbocycles. The van der Waals surface area contributed by atoms with Gasteiger partial charge in [0.25, 0.3) is 0 Å². The zero-order valence-electron chi connectivity index (χ0n) is 13.7. The first-order chi connectivity index (χ1) is 9.95. The summed E-state index contributed by atoms with van der Waals surface area (Å²) in [5, 5.41) is 6.31. The van der Waals surface area contributed by atoms with Gasteiger partial charge in [0.2, 0.25) is 10.0 Å². The molecule has 0 aromatic carbocycles. The van der Waals surface area contributed by atoms with Crippen LogP contribution in [-0.2, 0) is 14.8 Å². The maximum Gasteiger partial charge on any atom is 0.211 e. The smallest absolute Gasteiger partial charge is 0.211 e. The highest BCUT2D eigenvalue weighted by atomic mass is 32.2. The largest absolute Gasteiger partial charge is 0.380 e. The Balaban J connectivity index is 4.13. The molecule has 0 spiro atoms. The Labute approximate surface area is 129 Å². The van der Waals surface area contributed by atoms with Gasteiger partial charge in [-0.2, -0.15) is 0 Å². The Morgan fingerprint density at radius 1 is 1.24 bits per heavy atom. The van der Waals surface area contributed by atoms with Gasteiger partial charge in [-0.3, -0.25) is 4.99 Å². The van der Waals surface area contributed by atoms with Crippen LogP contribution in [0.25, 0.3) is 0 Å². The molecule has 126 valence electrons. The lowest BCUT2D eigenvalue weighted by molar-refractivity contribution is 0.152. The van der Waals surface area contributed by atoms with Crippen LogP contribution in [0.1, 0.15) is 27.2 Å². The monoisotopic (exact) mass is 322 g/mol. The first kappa shape index (κ1) is 20.1. The van der Waals surface area contributed by atoms with Crippen molar-refractivity contribution in [2.24, 2.45) is 4.99 Å². The molecule has 8 heteroatoms. The molecule has 7 nitrogen and oxygen atoms in total. The van der Waals surface area contributed by atoms with Crippen LogP contribution in [0.2, 0.25) is 0 Å². The van der Waals surface area contributed by atoms with Gasteiger partial charge in [0, 0.05) is 39.3 Å². The van der Waals surface area contributed by atoms with Gasteiger partial charge in [0.1, 0.15) is 0 Å². The zero-order chi connectivity index (χ0) is 16.1. The quantitative estimate of drug-likeness (QED) is 0.324. The fourth-order valence-corrected chi connectivity index (χ4v) is 2.65. The average molecular weight is 322 g/mol. The third-order valence-corrected chi connectivity index (χ3v) is 4.12. The highest BCUT2D eigenvalue weighted by molar-refractivity contribution is 7.88. The third kappa shape index (κ3) is 10.5. The molecular weight excluding hydrogens is 292 g/mol. The molecule has 0 rings (SSSR count). The van der Waals surface area contributed by atoms with Crippen LogP contribution in [0.3, 0.4) is 0 Å². The molecule has 0 aromatic heterocycles. The van der Waals surface area contributed by atoms with Crippen LogP contribution < -0.4 is 10.6 Å². The Kier molecular flexibility index (Phi) is 11.3. The second kappa shape index (κ2) is 11.8. The summed E-state index contributed by atoms with van der Waals surface area (Å²) >= 11 is 0. The van der Waals surface area contributed by atoms with Crippen molar-refractivity contribution in [2.45, 2.75) is 27.2 Å². The number of guanidine groups is 1. The summed E-state index contributed by atoms with van der Waals surface area (Å²) < 4.78 is 29.6. The Bertz CT molecular complexity index is 385. The number of nitrogens with zero attached hydrogens (tertiary/aromatic N) is 2. The van der Waals surface area contributed by atoms with Gasteiger partial charge in [-0.25, -0.2) is 12.7 Å². The van der Waals surface area contributed by atoms with E-state index >= 15 is 0 Å². The van der Waals surface area contributed by atoms with Crippen molar-refractivity contribution in [3.63, 3.8) is 0 Å². The standard InChI is InChI=1S/C13H30N4O3S/c1-5-14-13(16-10-12-20-7-3)15-9-8-11-17(6-2)21(4,18)19/h5-12H2,1-4H3,(H2,14,15,16). The molecule has 0 unspecified atom stereocenters. The summed E-state index contributed by atoms with van der Waals surface area (Å²) in [5.74, 6) is 0.736. The molecule has 0 aliphatic rings. The average Bonchev–Trinajstić information content (AvgIpc) is 2.41. The van der Waals surface area contributed by atoms with Crippen LogP contribution in [-0.4, -0.2) is 70.9 Å². The fraction of sp³-hybridized carbons (Fsp3) is 0.923. The van der Waals surface area contributed by atoms with Crippen LogP contribution in [0, 0.1) is 0 Å². The van der Waals surface area contributed by atoms with E-state index in [0.29, 0.717) is 45.8 Å². The molecule has 21 heavy (non-hydrogen) atoms. The van der Waals surface area contributed by atoms with E-state index in [1.807, 2.05) is 20.8 Å². The zero-order valence-corrected chi connectivity index (χ0v) is 14.5. The molecule has 0 bridgehead atoms. The van der Waals surface area contributed by atoms with Crippen molar-refractivity contribution in [2.75, 3.05) is 52.2 Å². The normalized spacial score (nSPS) is 12.7. The van der Waals surface area contributed by atoms with Gasteiger partial charge in [-0.1, -0.05) is 6.92 Å². The van der Waals surface area contributed by atoms with Gasteiger partial charge in [-0.05, 0) is 20.3 Å². The van der Waals surface area contributed by atoms with E-state index in [-0.39, 0.29) is 0 Å². The van der Waals surface area contributed by atoms with Gasteiger partial charge < -0.3 is 15.4 Å². The van der Waals surface area contributed by atoms with Gasteiger partial charge in [0.05, 0.1) is 12.9 Å². The number of sulfonamides is 1. The number of rotatable bonds is 11. The summed E-state index contributed by atoms with van der Waals surface area (Å²) in [6.07, 6.45) is 1.93. The summed E-state index contributed by atoms with van der Waals surface area (Å²) in [5.41, 5.74) is 0. The molecule has 0 aliphatic heterocycles. The van der Waals surface area contributed by atoms with Crippen molar-refractivity contribution < 1.29 is 13.2 Å². The van der Waals surface area contributed by atoms with Crippen LogP contribution in [0.15, 0.2) is 4.99 Å². The number of ether oxygens (including phenoxy) is 1. The second-order valence-corrected chi connectivity index (χ2v) is 6.48. The minimum absolute atomic E-state index is 0.495. The predicted molar refractivity (Wildman–Crippen MR) is 87.2 cm³/mol. The van der Waals surface area contributed by atoms with Crippen LogP contribution >= 0.6 is 0 Å². The lowest BCUT2D eigenvalue weighted by Crippen LogP contribution is -2.39. The number of nitrogens with one attached hydrogen (secondary N) is 2. The Hall–Kier alpha value is -0.860. The minimum Gasteiger partial charge on any atom is -0.380 e. The van der Waals surface area contributed by atoms with Gasteiger partial charge >= 0.3 is 0 Å². The molecule has 0 atom stereocenters. The minimum atomic E-state index is -3.11. The first-order valence-corrected chi connectivity index (χ1v) is 9.35. The first-order valence-electron chi connectivity index (χ1n) is 7.50. The van der Waals surface area contributed by atoms with E-state index in [1.54, 1.807) is 0 Å². The van der Waals surface area contributed by atoms with Gasteiger partial charge in [-0.15, -0.1) is 0 Å². The molecular formula is C13H30N4O3S. The van der Waals surface area contributed by atoms with Crippen molar-refractivity contribution >= 4 is 16.0 Å². The van der Waals surface area contributed by atoms with Crippen LogP contribution in [0.4, 0.5) is 0 Å². The van der Waals surface area contributed by atoms with Gasteiger partial charge in [0.15, 0.2) is 5.96 Å². The summed E-state index contributed by atoms with van der Waals surface area (Å²) in [7, 11) is -3.11. The van der Waals surface area contributed by atoms with Crippen LogP contribution in [0.5, 0.6) is 0 Å². The number of hydrogen-bond acceptors (Lipinski definition) is 4. The van der Waals surface area contributed by atoms with Crippen molar-refractivity contribution in [3.05, 3.63) is 0 Å². The lowest BCUT2D eigenvalue weighted by atomic mass is 10.4. The highest BCUT2D eigenvalue weighted by Gasteiger charge is 2.12. The molecule has 0 saturated heterocycles. The number of aliphatic imine (C=N–C) groups is 1. The van der Waals surface area contributed by atoms with E-state index < -0.39 is 10.0 Å². The predicted octanol–water partition coefficient (Wildman–Crippen LogP) is 0.250. The maximum atomic E-state index is 11.4. The second-order valence-electron chi connectivity index (χ2n) is 4.49. The maximum absolute atomic E-state index is 11.4. The lowest BCUT2D eigenvalue weighted by Gasteiger charge is -2.17. The van der Waals surface area contributed by atoms with E-state index in [1.165, 1.54) is 10.6 Å². The molecule has 0 radical (unpaired) electrons. The Morgan fingerprint density at radius 3 is 2.48 bits per heavy atom. The van der Waals surface area contributed by atoms with E-state index in [2.05, 4.69) is 15.6 Å². The summed E-state index contributed by atoms with van der Waals surface area (Å²) in [4.78, 5) is 4.42. The fourth-order valence-electron chi connectivity index (χ4n) is 1.72. The number of hydrogen-bond donors (Lipinski definition) is 2. The van der Waals surface area contributed by atoms with Crippen molar-refractivity contribution in [1.29, 1.82) is 0 Å². The molecule has 0 heterocycles. The molecule has 0 aliphatic carbocycles. The summed E-state index contributed by atoms with van der Waals surface area (Å²) in [6, 6.07) is 0. The molecule has 0 amide bonds. The molecule has 0 aromatic rings. The van der Waals surface area contributed by atoms with Crippen molar-refractivity contribution in [1.82, 2.24) is 14.9 Å². The Morgan fingerprint density at radius 2 is 1.95 bits per heavy atom. The molecule has 0 fully saturated rings. The highest BCUT2D eigenvalue weighted by Crippen LogP contribution is 1.98. The van der Waals surface area contributed by atoms with E-state index in [9.17, 15) is 8.42 Å². The SMILES string of the molecule is CCNC(=NCCCN(CC)S(C)(=O)=O)NCCOCC. The summed E-state index contributed by atoms with van der Waals surface area (Å²) in [6.45, 7) is 10.2. The third-order valence-electron chi connectivity index (χ3n) is 2.74.